The van der Waals surface area contributed by atoms with Crippen LogP contribution in [-0.4, -0.2) is 6.04 Å². The van der Waals surface area contributed by atoms with E-state index in [0.29, 0.717) is 11.1 Å². The van der Waals surface area contributed by atoms with Gasteiger partial charge in [0.25, 0.3) is 0 Å². The first-order valence-electron chi connectivity index (χ1n) is 6.66. The number of hydrogen-bond acceptors (Lipinski definition) is 2. The zero-order chi connectivity index (χ0) is 13.9. The lowest BCUT2D eigenvalue weighted by Crippen LogP contribution is -2.15. The summed E-state index contributed by atoms with van der Waals surface area (Å²) in [5.41, 5.74) is 1.17. The van der Waals surface area contributed by atoms with Crippen molar-refractivity contribution in [3.63, 3.8) is 0 Å². The van der Waals surface area contributed by atoms with Crippen LogP contribution in [0.5, 0.6) is 0 Å². The van der Waals surface area contributed by atoms with E-state index >= 15 is 0 Å². The molecule has 0 heterocycles. The van der Waals surface area contributed by atoms with E-state index in [1.165, 1.54) is 42.3 Å². The molecule has 0 aromatic heterocycles. The predicted octanol–water partition coefficient (Wildman–Crippen LogP) is 4.88. The van der Waals surface area contributed by atoms with Crippen molar-refractivity contribution in [2.75, 3.05) is 0 Å². The lowest BCUT2D eigenvalue weighted by atomic mass is 10.2. The van der Waals surface area contributed by atoms with Gasteiger partial charge in [0.1, 0.15) is 5.82 Å². The fourth-order valence-electron chi connectivity index (χ4n) is 2.00. The Morgan fingerprint density at radius 3 is 2.75 bits per heavy atom. The summed E-state index contributed by atoms with van der Waals surface area (Å²) in [6, 6.07) is 13.2. The molecule has 3 rings (SSSR count). The van der Waals surface area contributed by atoms with E-state index in [1.54, 1.807) is 6.07 Å². The van der Waals surface area contributed by atoms with Crippen molar-refractivity contribution in [3.8, 4) is 0 Å². The van der Waals surface area contributed by atoms with Crippen LogP contribution >= 0.6 is 23.4 Å². The van der Waals surface area contributed by atoms with Gasteiger partial charge in [-0.3, -0.25) is 0 Å². The Balaban J connectivity index is 1.82. The van der Waals surface area contributed by atoms with E-state index in [0.717, 1.165) is 16.3 Å². The maximum absolute atomic E-state index is 13.3. The van der Waals surface area contributed by atoms with Crippen molar-refractivity contribution in [3.05, 3.63) is 58.9 Å². The van der Waals surface area contributed by atoms with Crippen molar-refractivity contribution in [2.45, 2.75) is 35.2 Å². The van der Waals surface area contributed by atoms with Gasteiger partial charge in [0.2, 0.25) is 0 Å². The average Bonchev–Trinajstić information content (AvgIpc) is 3.24. The van der Waals surface area contributed by atoms with Gasteiger partial charge >= 0.3 is 0 Å². The molecule has 0 saturated heterocycles. The summed E-state index contributed by atoms with van der Waals surface area (Å²) in [4.78, 5) is 1.87. The van der Waals surface area contributed by atoms with Gasteiger partial charge in [0.15, 0.2) is 0 Å². The second-order valence-corrected chi connectivity index (χ2v) is 6.43. The van der Waals surface area contributed by atoms with Crippen LogP contribution in [0.25, 0.3) is 0 Å². The smallest absolute Gasteiger partial charge is 0.124 e. The van der Waals surface area contributed by atoms with E-state index in [4.69, 9.17) is 11.6 Å². The van der Waals surface area contributed by atoms with E-state index in [9.17, 15) is 4.39 Å². The van der Waals surface area contributed by atoms with Crippen molar-refractivity contribution in [2.24, 2.45) is 0 Å². The molecule has 1 aliphatic rings. The van der Waals surface area contributed by atoms with Crippen LogP contribution in [-0.2, 0) is 6.54 Å². The van der Waals surface area contributed by atoms with Crippen LogP contribution in [0, 0.1) is 5.82 Å². The van der Waals surface area contributed by atoms with E-state index in [-0.39, 0.29) is 5.82 Å². The number of rotatable bonds is 5. The Morgan fingerprint density at radius 1 is 1.20 bits per heavy atom. The molecule has 1 nitrogen and oxygen atoms in total. The molecule has 104 valence electrons. The lowest BCUT2D eigenvalue weighted by molar-refractivity contribution is 0.624. The van der Waals surface area contributed by atoms with Gasteiger partial charge in [-0.1, -0.05) is 41.6 Å². The summed E-state index contributed by atoms with van der Waals surface area (Å²) in [6.45, 7) is 0.808. The van der Waals surface area contributed by atoms with E-state index in [1.807, 2.05) is 18.2 Å². The van der Waals surface area contributed by atoms with E-state index < -0.39 is 0 Å². The normalized spacial score (nSPS) is 14.5. The van der Waals surface area contributed by atoms with Gasteiger partial charge in [-0.2, -0.15) is 0 Å². The molecular formula is C16H15ClFNS. The molecule has 0 radical (unpaired) electrons. The Bertz CT molecular complexity index is 613. The van der Waals surface area contributed by atoms with Crippen molar-refractivity contribution < 1.29 is 4.39 Å². The molecule has 1 aliphatic carbocycles. The average molecular weight is 308 g/mol. The largest absolute Gasteiger partial charge is 0.310 e. The fourth-order valence-corrected chi connectivity index (χ4v) is 3.30. The van der Waals surface area contributed by atoms with Gasteiger partial charge in [-0.05, 0) is 42.7 Å². The SMILES string of the molecule is Fc1cccc(Sc2c(Cl)cccc2CNC2CC2)c1. The second-order valence-electron chi connectivity index (χ2n) is 4.94. The zero-order valence-corrected chi connectivity index (χ0v) is 12.5. The zero-order valence-electron chi connectivity index (χ0n) is 10.9. The summed E-state index contributed by atoms with van der Waals surface area (Å²) in [7, 11) is 0. The molecule has 2 aromatic carbocycles. The number of nitrogens with one attached hydrogen (secondary N) is 1. The van der Waals surface area contributed by atoms with Crippen molar-refractivity contribution >= 4 is 23.4 Å². The van der Waals surface area contributed by atoms with Gasteiger partial charge in [0.05, 0.1) is 5.02 Å². The van der Waals surface area contributed by atoms with Gasteiger partial charge < -0.3 is 5.32 Å². The van der Waals surface area contributed by atoms with Crippen LogP contribution < -0.4 is 5.32 Å². The molecule has 0 unspecified atom stereocenters. The maximum atomic E-state index is 13.3. The first-order valence-corrected chi connectivity index (χ1v) is 7.86. The summed E-state index contributed by atoms with van der Waals surface area (Å²) in [6.07, 6.45) is 2.51. The fraction of sp³-hybridized carbons (Fsp3) is 0.250. The molecule has 0 bridgehead atoms. The highest BCUT2D eigenvalue weighted by atomic mass is 35.5. The highest BCUT2D eigenvalue weighted by molar-refractivity contribution is 7.99. The predicted molar refractivity (Wildman–Crippen MR) is 81.8 cm³/mol. The molecule has 1 N–H and O–H groups in total. The molecule has 1 saturated carbocycles. The summed E-state index contributed by atoms with van der Waals surface area (Å²) < 4.78 is 13.3. The summed E-state index contributed by atoms with van der Waals surface area (Å²) in [5.74, 6) is -0.222. The Morgan fingerprint density at radius 2 is 2.00 bits per heavy atom. The topological polar surface area (TPSA) is 12.0 Å². The minimum atomic E-state index is -0.222. The molecule has 1 fully saturated rings. The number of halogens is 2. The summed E-state index contributed by atoms with van der Waals surface area (Å²) >= 11 is 7.82. The standard InChI is InChI=1S/C16H15ClFNS/c17-15-6-1-3-11(10-19-13-7-8-13)16(15)20-14-5-2-4-12(18)9-14/h1-6,9,13,19H,7-8,10H2. The summed E-state index contributed by atoms with van der Waals surface area (Å²) in [5, 5.41) is 4.21. The van der Waals surface area contributed by atoms with E-state index in [2.05, 4.69) is 11.4 Å². The van der Waals surface area contributed by atoms with Crippen LogP contribution in [0.4, 0.5) is 4.39 Å². The third-order valence-electron chi connectivity index (χ3n) is 3.22. The molecule has 0 spiro atoms. The third kappa shape index (κ3) is 3.54. The molecule has 0 amide bonds. The maximum Gasteiger partial charge on any atom is 0.124 e. The molecular weight excluding hydrogens is 293 g/mol. The minimum Gasteiger partial charge on any atom is -0.310 e. The van der Waals surface area contributed by atoms with Gasteiger partial charge in [0, 0.05) is 22.4 Å². The Kier molecular flexibility index (Phi) is 4.29. The molecule has 0 atom stereocenters. The minimum absolute atomic E-state index is 0.222. The number of hydrogen-bond donors (Lipinski definition) is 1. The van der Waals surface area contributed by atoms with Gasteiger partial charge in [-0.15, -0.1) is 0 Å². The molecule has 2 aromatic rings. The highest BCUT2D eigenvalue weighted by Gasteiger charge is 2.20. The molecule has 4 heteroatoms. The Hall–Kier alpha value is -1.03. The molecule has 0 aliphatic heterocycles. The quantitative estimate of drug-likeness (QED) is 0.844. The van der Waals surface area contributed by atoms with Crippen LogP contribution in [0.2, 0.25) is 5.02 Å². The first kappa shape index (κ1) is 13.9. The molecule has 20 heavy (non-hydrogen) atoms. The number of benzene rings is 2. The van der Waals surface area contributed by atoms with Crippen LogP contribution in [0.15, 0.2) is 52.3 Å². The monoisotopic (exact) mass is 307 g/mol. The van der Waals surface area contributed by atoms with Gasteiger partial charge in [-0.25, -0.2) is 4.39 Å². The first-order chi connectivity index (χ1) is 9.72. The highest BCUT2D eigenvalue weighted by Crippen LogP contribution is 2.36. The van der Waals surface area contributed by atoms with Crippen molar-refractivity contribution in [1.82, 2.24) is 5.32 Å². The van der Waals surface area contributed by atoms with Crippen LogP contribution in [0.3, 0.4) is 0 Å². The third-order valence-corrected chi connectivity index (χ3v) is 4.83. The lowest BCUT2D eigenvalue weighted by Gasteiger charge is -2.12. The van der Waals surface area contributed by atoms with Crippen LogP contribution in [0.1, 0.15) is 18.4 Å². The Labute approximate surface area is 127 Å². The van der Waals surface area contributed by atoms with Crippen molar-refractivity contribution in [1.29, 1.82) is 0 Å². The second kappa shape index (κ2) is 6.17.